The van der Waals surface area contributed by atoms with Crippen LogP contribution in [0.4, 0.5) is 24.8 Å². The molecule has 26 heavy (non-hydrogen) atoms. The minimum Gasteiger partial charge on any atom is -0.438 e. The minimum absolute atomic E-state index is 0.0474. The molecule has 0 radical (unpaired) electrons. The summed E-state index contributed by atoms with van der Waals surface area (Å²) in [5, 5.41) is 0.488. The first kappa shape index (κ1) is 18.0. The van der Waals surface area contributed by atoms with Gasteiger partial charge in [-0.1, -0.05) is 35.9 Å². The Morgan fingerprint density at radius 1 is 1.04 bits per heavy atom. The Morgan fingerprint density at radius 2 is 1.77 bits per heavy atom. The number of aromatic nitrogens is 2. The predicted octanol–water partition coefficient (Wildman–Crippen LogP) is 5.71. The molecule has 3 aromatic rings. The van der Waals surface area contributed by atoms with E-state index in [4.69, 9.17) is 16.3 Å². The molecule has 0 N–H and O–H groups in total. The molecule has 3 rings (SSSR count). The molecule has 0 aliphatic rings. The van der Waals surface area contributed by atoms with E-state index < -0.39 is 17.6 Å². The quantitative estimate of drug-likeness (QED) is 0.582. The molecule has 0 amide bonds. The Kier molecular flexibility index (Phi) is 4.99. The van der Waals surface area contributed by atoms with Gasteiger partial charge in [0, 0.05) is 24.0 Å². The lowest BCUT2D eigenvalue weighted by molar-refractivity contribution is -0.139. The molecule has 0 spiro atoms. The highest BCUT2D eigenvalue weighted by Crippen LogP contribution is 2.37. The maximum atomic E-state index is 13.3. The van der Waals surface area contributed by atoms with Crippen LogP contribution in [0.2, 0.25) is 5.02 Å². The summed E-state index contributed by atoms with van der Waals surface area (Å²) in [4.78, 5) is 9.31. The van der Waals surface area contributed by atoms with E-state index in [-0.39, 0.29) is 11.7 Å². The monoisotopic (exact) mass is 379 g/mol. The second-order valence-electron chi connectivity index (χ2n) is 5.34. The van der Waals surface area contributed by atoms with Crippen LogP contribution in [0.1, 0.15) is 5.56 Å². The average Bonchev–Trinajstić information content (AvgIpc) is 2.61. The first-order valence-corrected chi connectivity index (χ1v) is 7.89. The SMILES string of the molecule is CN(c1cccc(Cl)c1)c1ncc(C(F)(F)F)c(Oc2ccccc2)n1. The van der Waals surface area contributed by atoms with E-state index in [1.165, 1.54) is 4.90 Å². The lowest BCUT2D eigenvalue weighted by Gasteiger charge is -2.19. The first-order valence-electron chi connectivity index (χ1n) is 7.51. The van der Waals surface area contributed by atoms with Gasteiger partial charge in [-0.25, -0.2) is 4.98 Å². The van der Waals surface area contributed by atoms with Crippen LogP contribution in [0.25, 0.3) is 0 Å². The summed E-state index contributed by atoms with van der Waals surface area (Å²) >= 11 is 5.96. The number of ether oxygens (including phenoxy) is 1. The third-order valence-electron chi connectivity index (χ3n) is 3.50. The van der Waals surface area contributed by atoms with Gasteiger partial charge in [0.15, 0.2) is 0 Å². The Bertz CT molecular complexity index is 904. The summed E-state index contributed by atoms with van der Waals surface area (Å²) in [5.41, 5.74) is -0.424. The van der Waals surface area contributed by atoms with Crippen molar-refractivity contribution >= 4 is 23.2 Å². The van der Waals surface area contributed by atoms with Crippen molar-refractivity contribution in [1.29, 1.82) is 0 Å². The van der Waals surface area contributed by atoms with E-state index in [9.17, 15) is 13.2 Å². The van der Waals surface area contributed by atoms with E-state index in [1.54, 1.807) is 61.6 Å². The van der Waals surface area contributed by atoms with Gasteiger partial charge in [0.25, 0.3) is 0 Å². The lowest BCUT2D eigenvalue weighted by atomic mass is 10.3. The summed E-state index contributed by atoms with van der Waals surface area (Å²) in [6.07, 6.45) is -3.93. The van der Waals surface area contributed by atoms with Gasteiger partial charge in [0.1, 0.15) is 11.3 Å². The van der Waals surface area contributed by atoms with Gasteiger partial charge < -0.3 is 9.64 Å². The standard InChI is InChI=1S/C18H13ClF3N3O/c1-25(13-7-5-6-12(19)10-13)17-23-11-15(18(20,21)22)16(24-17)26-14-8-3-2-4-9-14/h2-11H,1H3. The largest absolute Gasteiger partial charge is 0.438 e. The summed E-state index contributed by atoms with van der Waals surface area (Å²) < 4.78 is 45.2. The Morgan fingerprint density at radius 3 is 2.42 bits per heavy atom. The van der Waals surface area contributed by atoms with Crippen LogP contribution in [0.3, 0.4) is 0 Å². The fraction of sp³-hybridized carbons (Fsp3) is 0.111. The summed E-state index contributed by atoms with van der Waals surface area (Å²) in [7, 11) is 1.63. The molecule has 134 valence electrons. The number of halogens is 4. The molecule has 4 nitrogen and oxygen atoms in total. The van der Waals surface area contributed by atoms with Crippen molar-refractivity contribution < 1.29 is 17.9 Å². The number of alkyl halides is 3. The Balaban J connectivity index is 2.01. The van der Waals surface area contributed by atoms with Crippen molar-refractivity contribution in [3.05, 3.63) is 71.4 Å². The lowest BCUT2D eigenvalue weighted by Crippen LogP contribution is -2.16. The van der Waals surface area contributed by atoms with Crippen LogP contribution in [0.5, 0.6) is 11.6 Å². The van der Waals surface area contributed by atoms with Crippen molar-refractivity contribution in [3.63, 3.8) is 0 Å². The van der Waals surface area contributed by atoms with Crippen LogP contribution in [0, 0.1) is 0 Å². The van der Waals surface area contributed by atoms with Gasteiger partial charge in [0.2, 0.25) is 11.8 Å². The van der Waals surface area contributed by atoms with E-state index in [2.05, 4.69) is 9.97 Å². The van der Waals surface area contributed by atoms with E-state index in [0.29, 0.717) is 16.9 Å². The topological polar surface area (TPSA) is 38.2 Å². The van der Waals surface area contributed by atoms with Crippen LogP contribution < -0.4 is 9.64 Å². The summed E-state index contributed by atoms with van der Waals surface area (Å²) in [6.45, 7) is 0. The molecule has 0 saturated carbocycles. The molecular formula is C18H13ClF3N3O. The maximum absolute atomic E-state index is 13.3. The second kappa shape index (κ2) is 7.21. The third-order valence-corrected chi connectivity index (χ3v) is 3.73. The molecule has 2 aromatic carbocycles. The van der Waals surface area contributed by atoms with Gasteiger partial charge >= 0.3 is 6.18 Å². The Labute approximate surface area is 152 Å². The van der Waals surface area contributed by atoms with E-state index in [0.717, 1.165) is 0 Å². The number of benzene rings is 2. The van der Waals surface area contributed by atoms with Crippen molar-refractivity contribution in [3.8, 4) is 11.6 Å². The van der Waals surface area contributed by atoms with Crippen LogP contribution in [-0.4, -0.2) is 17.0 Å². The Hall–Kier alpha value is -2.80. The average molecular weight is 380 g/mol. The van der Waals surface area contributed by atoms with Gasteiger partial charge in [-0.05, 0) is 30.3 Å². The molecule has 1 aromatic heterocycles. The molecule has 1 heterocycles. The van der Waals surface area contributed by atoms with Gasteiger partial charge in [-0.2, -0.15) is 18.2 Å². The number of anilines is 2. The van der Waals surface area contributed by atoms with Gasteiger partial charge in [-0.15, -0.1) is 0 Å². The third kappa shape index (κ3) is 4.05. The number of para-hydroxylation sites is 1. The number of hydrogen-bond acceptors (Lipinski definition) is 4. The van der Waals surface area contributed by atoms with Crippen molar-refractivity contribution in [2.45, 2.75) is 6.18 Å². The van der Waals surface area contributed by atoms with E-state index in [1.807, 2.05) is 0 Å². The number of rotatable bonds is 4. The molecular weight excluding hydrogens is 367 g/mol. The smallest absolute Gasteiger partial charge is 0.423 e. The highest BCUT2D eigenvalue weighted by molar-refractivity contribution is 6.30. The summed E-state index contributed by atoms with van der Waals surface area (Å²) in [6, 6.07) is 14.9. The van der Waals surface area contributed by atoms with Gasteiger partial charge in [-0.3, -0.25) is 0 Å². The molecule has 0 bridgehead atoms. The fourth-order valence-electron chi connectivity index (χ4n) is 2.19. The molecule has 8 heteroatoms. The number of hydrogen-bond donors (Lipinski definition) is 0. The highest BCUT2D eigenvalue weighted by Gasteiger charge is 2.36. The highest BCUT2D eigenvalue weighted by atomic mass is 35.5. The first-order chi connectivity index (χ1) is 12.3. The van der Waals surface area contributed by atoms with Crippen LogP contribution >= 0.6 is 11.6 Å². The number of nitrogens with zero attached hydrogens (tertiary/aromatic N) is 3. The minimum atomic E-state index is -4.64. The molecule has 0 aliphatic heterocycles. The van der Waals surface area contributed by atoms with Crippen molar-refractivity contribution in [2.75, 3.05) is 11.9 Å². The predicted molar refractivity (Wildman–Crippen MR) is 93.1 cm³/mol. The molecule has 0 fully saturated rings. The van der Waals surface area contributed by atoms with E-state index >= 15 is 0 Å². The molecule has 0 aliphatic carbocycles. The zero-order chi connectivity index (χ0) is 18.7. The van der Waals surface area contributed by atoms with Crippen LogP contribution in [-0.2, 0) is 6.18 Å². The molecule has 0 saturated heterocycles. The normalized spacial score (nSPS) is 11.3. The maximum Gasteiger partial charge on any atom is 0.423 e. The zero-order valence-electron chi connectivity index (χ0n) is 13.5. The van der Waals surface area contributed by atoms with Gasteiger partial charge in [0.05, 0.1) is 0 Å². The fourth-order valence-corrected chi connectivity index (χ4v) is 2.38. The second-order valence-corrected chi connectivity index (χ2v) is 5.78. The molecule has 0 atom stereocenters. The zero-order valence-corrected chi connectivity index (χ0v) is 14.3. The van der Waals surface area contributed by atoms with Crippen molar-refractivity contribution in [1.82, 2.24) is 9.97 Å². The van der Waals surface area contributed by atoms with Crippen molar-refractivity contribution in [2.24, 2.45) is 0 Å². The summed E-state index contributed by atoms with van der Waals surface area (Å²) in [5.74, 6) is -0.276. The molecule has 0 unspecified atom stereocenters. The van der Waals surface area contributed by atoms with Crippen LogP contribution in [0.15, 0.2) is 60.8 Å².